The normalized spacial score (nSPS) is 13.1. The number of hydrogen-bond acceptors (Lipinski definition) is 6. The predicted molar refractivity (Wildman–Crippen MR) is 85.2 cm³/mol. The number of nitrogens with two attached hydrogens (primary N) is 1. The average molecular weight is 334 g/mol. The van der Waals surface area contributed by atoms with E-state index in [9.17, 15) is 8.42 Å². The monoisotopic (exact) mass is 334 g/mol. The van der Waals surface area contributed by atoms with Crippen LogP contribution in [0.1, 0.15) is 22.2 Å². The lowest BCUT2D eigenvalue weighted by atomic mass is 10.2. The minimum Gasteiger partial charge on any atom is -0.291 e. The fraction of sp³-hybridized carbons (Fsp3) is 0.214. The zero-order valence-electron chi connectivity index (χ0n) is 11.8. The molecule has 0 fully saturated rings. The standard InChI is InChI=1S/C14H14N4O2S2/c1-10-9-21-14(18-10)12(6-15)8-17-7-11-2-4-13(5-3-11)22(16,19)20/h2-5,8-9,12H,7H2,1H3,(H2,16,19,20)/t12-/m0/s1. The molecule has 1 aromatic carbocycles. The highest BCUT2D eigenvalue weighted by atomic mass is 32.2. The van der Waals surface area contributed by atoms with Gasteiger partial charge in [0.15, 0.2) is 0 Å². The number of aliphatic imine (C=N–C) groups is 1. The van der Waals surface area contributed by atoms with Crippen LogP contribution >= 0.6 is 11.3 Å². The van der Waals surface area contributed by atoms with Crippen LogP contribution in [0.3, 0.4) is 0 Å². The molecule has 0 spiro atoms. The Bertz CT molecular complexity index is 817. The van der Waals surface area contributed by atoms with E-state index in [0.717, 1.165) is 11.3 Å². The molecule has 2 rings (SSSR count). The second kappa shape index (κ2) is 6.79. The maximum Gasteiger partial charge on any atom is 0.238 e. The Labute approximate surface area is 133 Å². The van der Waals surface area contributed by atoms with Crippen LogP contribution in [0.2, 0.25) is 0 Å². The smallest absolute Gasteiger partial charge is 0.238 e. The predicted octanol–water partition coefficient (Wildman–Crippen LogP) is 1.98. The van der Waals surface area contributed by atoms with Crippen molar-refractivity contribution in [1.29, 1.82) is 5.26 Å². The van der Waals surface area contributed by atoms with E-state index < -0.39 is 15.9 Å². The van der Waals surface area contributed by atoms with Gasteiger partial charge in [0.2, 0.25) is 10.0 Å². The summed E-state index contributed by atoms with van der Waals surface area (Å²) >= 11 is 1.43. The molecule has 0 saturated heterocycles. The summed E-state index contributed by atoms with van der Waals surface area (Å²) in [6, 6.07) is 8.31. The van der Waals surface area contributed by atoms with Gasteiger partial charge < -0.3 is 0 Å². The number of nitriles is 1. The fourth-order valence-corrected chi connectivity index (χ4v) is 3.03. The molecule has 2 N–H and O–H groups in total. The second-order valence-electron chi connectivity index (χ2n) is 4.61. The van der Waals surface area contributed by atoms with Crippen molar-refractivity contribution in [1.82, 2.24) is 4.98 Å². The maximum absolute atomic E-state index is 11.2. The molecule has 0 aliphatic rings. The van der Waals surface area contributed by atoms with Gasteiger partial charge in [-0.2, -0.15) is 5.26 Å². The van der Waals surface area contributed by atoms with E-state index in [1.165, 1.54) is 23.5 Å². The van der Waals surface area contributed by atoms with E-state index in [4.69, 9.17) is 10.4 Å². The van der Waals surface area contributed by atoms with Crippen LogP contribution in [0.5, 0.6) is 0 Å². The average Bonchev–Trinajstić information content (AvgIpc) is 2.89. The summed E-state index contributed by atoms with van der Waals surface area (Å²) in [6.45, 7) is 2.23. The minimum absolute atomic E-state index is 0.0633. The molecular weight excluding hydrogens is 320 g/mol. The highest BCUT2D eigenvalue weighted by Crippen LogP contribution is 2.18. The number of rotatable bonds is 5. The van der Waals surface area contributed by atoms with Gasteiger partial charge in [0, 0.05) is 17.3 Å². The van der Waals surface area contributed by atoms with Gasteiger partial charge >= 0.3 is 0 Å². The third-order valence-electron chi connectivity index (χ3n) is 2.82. The Hall–Kier alpha value is -2.08. The Morgan fingerprint density at radius 3 is 2.64 bits per heavy atom. The lowest BCUT2D eigenvalue weighted by Crippen LogP contribution is -2.11. The van der Waals surface area contributed by atoms with Gasteiger partial charge in [-0.3, -0.25) is 4.99 Å². The first-order valence-corrected chi connectivity index (χ1v) is 8.76. The number of benzene rings is 1. The van der Waals surface area contributed by atoms with Crippen LogP contribution in [-0.2, 0) is 16.6 Å². The molecule has 0 aliphatic heterocycles. The van der Waals surface area contributed by atoms with Gasteiger partial charge in [0.05, 0.1) is 17.5 Å². The van der Waals surface area contributed by atoms with Crippen molar-refractivity contribution in [3.8, 4) is 6.07 Å². The van der Waals surface area contributed by atoms with Crippen LogP contribution in [0, 0.1) is 18.3 Å². The molecule has 0 unspecified atom stereocenters. The summed E-state index contributed by atoms with van der Waals surface area (Å²) in [6.07, 6.45) is 1.56. The lowest BCUT2D eigenvalue weighted by molar-refractivity contribution is 0.598. The number of primary sulfonamides is 1. The van der Waals surface area contributed by atoms with Crippen molar-refractivity contribution < 1.29 is 8.42 Å². The fourth-order valence-electron chi connectivity index (χ4n) is 1.72. The maximum atomic E-state index is 11.2. The molecule has 0 radical (unpaired) electrons. The highest BCUT2D eigenvalue weighted by Gasteiger charge is 2.11. The van der Waals surface area contributed by atoms with E-state index in [1.54, 1.807) is 18.3 Å². The van der Waals surface area contributed by atoms with Gasteiger partial charge in [-0.15, -0.1) is 11.3 Å². The summed E-state index contributed by atoms with van der Waals surface area (Å²) in [7, 11) is -3.68. The first-order chi connectivity index (χ1) is 10.4. The van der Waals surface area contributed by atoms with Gasteiger partial charge in [0.25, 0.3) is 0 Å². The topological polar surface area (TPSA) is 109 Å². The van der Waals surface area contributed by atoms with Gasteiger partial charge in [0.1, 0.15) is 10.9 Å². The van der Waals surface area contributed by atoms with E-state index in [2.05, 4.69) is 16.0 Å². The number of aromatic nitrogens is 1. The zero-order chi connectivity index (χ0) is 16.2. The summed E-state index contributed by atoms with van der Waals surface area (Å²) in [5.74, 6) is -0.470. The first kappa shape index (κ1) is 16.3. The number of aryl methyl sites for hydroxylation is 1. The quantitative estimate of drug-likeness (QED) is 0.843. The SMILES string of the molecule is Cc1csc([C@@H](C#N)C=NCc2ccc(S(N)(=O)=O)cc2)n1. The molecule has 0 aliphatic carbocycles. The molecule has 1 heterocycles. The Morgan fingerprint density at radius 1 is 1.45 bits per heavy atom. The molecule has 114 valence electrons. The molecule has 1 atom stereocenters. The highest BCUT2D eigenvalue weighted by molar-refractivity contribution is 7.89. The Kier molecular flexibility index (Phi) is 5.03. The van der Waals surface area contributed by atoms with Gasteiger partial charge in [-0.1, -0.05) is 12.1 Å². The Balaban J connectivity index is 2.04. The number of thiazole rings is 1. The molecule has 1 aromatic heterocycles. The Morgan fingerprint density at radius 2 is 2.14 bits per heavy atom. The summed E-state index contributed by atoms with van der Waals surface area (Å²) in [5.41, 5.74) is 1.71. The molecule has 6 nitrogen and oxygen atoms in total. The van der Waals surface area contributed by atoms with Crippen LogP contribution in [0.15, 0.2) is 39.5 Å². The second-order valence-corrected chi connectivity index (χ2v) is 7.06. The summed E-state index contributed by atoms with van der Waals surface area (Å²) in [4.78, 5) is 8.56. The molecular formula is C14H14N4O2S2. The van der Waals surface area contributed by atoms with Gasteiger partial charge in [-0.25, -0.2) is 18.5 Å². The van der Waals surface area contributed by atoms with E-state index in [-0.39, 0.29) is 4.90 Å². The third kappa shape index (κ3) is 4.21. The van der Waals surface area contributed by atoms with E-state index >= 15 is 0 Å². The minimum atomic E-state index is -3.68. The molecule has 8 heteroatoms. The summed E-state index contributed by atoms with van der Waals surface area (Å²) in [5, 5.41) is 16.8. The zero-order valence-corrected chi connectivity index (χ0v) is 13.4. The van der Waals surface area contributed by atoms with Crippen LogP contribution < -0.4 is 5.14 Å². The van der Waals surface area contributed by atoms with E-state index in [0.29, 0.717) is 11.6 Å². The first-order valence-electron chi connectivity index (χ1n) is 6.33. The number of hydrogen-bond donors (Lipinski definition) is 1. The van der Waals surface area contributed by atoms with Crippen LogP contribution in [-0.4, -0.2) is 19.6 Å². The van der Waals surface area contributed by atoms with E-state index in [1.807, 2.05) is 12.3 Å². The molecule has 0 saturated carbocycles. The molecule has 2 aromatic rings. The van der Waals surface area contributed by atoms with Gasteiger partial charge in [-0.05, 0) is 24.6 Å². The largest absolute Gasteiger partial charge is 0.291 e. The van der Waals surface area contributed by atoms with Crippen molar-refractivity contribution in [2.75, 3.05) is 0 Å². The van der Waals surface area contributed by atoms with Crippen molar-refractivity contribution in [2.45, 2.75) is 24.3 Å². The van der Waals surface area contributed by atoms with Crippen molar-refractivity contribution in [3.63, 3.8) is 0 Å². The number of nitrogens with zero attached hydrogens (tertiary/aromatic N) is 3. The molecule has 22 heavy (non-hydrogen) atoms. The van der Waals surface area contributed by atoms with Crippen molar-refractivity contribution >= 4 is 27.6 Å². The van der Waals surface area contributed by atoms with Crippen molar-refractivity contribution in [3.05, 3.63) is 45.9 Å². The van der Waals surface area contributed by atoms with Crippen molar-refractivity contribution in [2.24, 2.45) is 10.1 Å². The third-order valence-corrected chi connectivity index (χ3v) is 4.80. The lowest BCUT2D eigenvalue weighted by Gasteiger charge is -2.01. The van der Waals surface area contributed by atoms with Crippen LogP contribution in [0.25, 0.3) is 0 Å². The summed E-state index contributed by atoms with van der Waals surface area (Å²) < 4.78 is 22.3. The van der Waals surface area contributed by atoms with Crippen LogP contribution in [0.4, 0.5) is 0 Å². The number of sulfonamides is 1. The molecule has 0 amide bonds. The molecule has 0 bridgehead atoms.